The van der Waals surface area contributed by atoms with E-state index in [-0.39, 0.29) is 12.3 Å². The van der Waals surface area contributed by atoms with E-state index in [1.165, 1.54) is 0 Å². The maximum Gasteiger partial charge on any atom is 0.234 e. The van der Waals surface area contributed by atoms with Gasteiger partial charge in [0.15, 0.2) is 0 Å². The van der Waals surface area contributed by atoms with Gasteiger partial charge in [0.2, 0.25) is 5.91 Å². The summed E-state index contributed by atoms with van der Waals surface area (Å²) in [5.41, 5.74) is 0. The molecule has 1 aliphatic carbocycles. The van der Waals surface area contributed by atoms with Crippen molar-refractivity contribution in [2.45, 2.75) is 32.7 Å². The molecule has 0 aromatic carbocycles. The number of hydrogen-bond acceptors (Lipinski definition) is 2. The number of nitriles is 1. The average molecular weight is 166 g/mol. The topological polar surface area (TPSA) is 52.9 Å². The van der Waals surface area contributed by atoms with Crippen LogP contribution >= 0.6 is 0 Å². The van der Waals surface area contributed by atoms with Crippen LogP contribution in [0.2, 0.25) is 0 Å². The minimum absolute atomic E-state index is 0.0163. The molecule has 0 bridgehead atoms. The molecule has 1 amide bonds. The van der Waals surface area contributed by atoms with E-state index in [1.807, 2.05) is 6.07 Å². The highest BCUT2D eigenvalue weighted by Gasteiger charge is 2.34. The van der Waals surface area contributed by atoms with Crippen LogP contribution in [0.25, 0.3) is 0 Å². The monoisotopic (exact) mass is 166 g/mol. The third-order valence-corrected chi connectivity index (χ3v) is 2.74. The number of carbonyl (C=O) groups is 1. The highest BCUT2D eigenvalue weighted by Crippen LogP contribution is 2.33. The van der Waals surface area contributed by atoms with Crippen molar-refractivity contribution in [3.8, 4) is 6.07 Å². The number of nitrogens with zero attached hydrogens (tertiary/aromatic N) is 1. The van der Waals surface area contributed by atoms with Crippen molar-refractivity contribution in [3.05, 3.63) is 0 Å². The summed E-state index contributed by atoms with van der Waals surface area (Å²) in [6.45, 7) is 4.31. The lowest BCUT2D eigenvalue weighted by Crippen LogP contribution is -2.50. The number of rotatable bonds is 2. The van der Waals surface area contributed by atoms with Gasteiger partial charge >= 0.3 is 0 Å². The fourth-order valence-electron chi connectivity index (χ4n) is 1.55. The number of carbonyl (C=O) groups excluding carboxylic acids is 1. The van der Waals surface area contributed by atoms with Crippen LogP contribution in [0.3, 0.4) is 0 Å². The van der Waals surface area contributed by atoms with Crippen molar-refractivity contribution in [3.63, 3.8) is 0 Å². The zero-order valence-corrected chi connectivity index (χ0v) is 7.50. The molecule has 66 valence electrons. The third-order valence-electron chi connectivity index (χ3n) is 2.74. The van der Waals surface area contributed by atoms with Crippen molar-refractivity contribution in [2.24, 2.45) is 11.8 Å². The maximum absolute atomic E-state index is 11.0. The van der Waals surface area contributed by atoms with Crippen LogP contribution in [0.15, 0.2) is 0 Å². The molecule has 0 aromatic rings. The first kappa shape index (κ1) is 9.05. The quantitative estimate of drug-likeness (QED) is 0.667. The van der Waals surface area contributed by atoms with E-state index >= 15 is 0 Å². The molecular weight excluding hydrogens is 152 g/mol. The van der Waals surface area contributed by atoms with Crippen molar-refractivity contribution in [1.82, 2.24) is 5.32 Å². The van der Waals surface area contributed by atoms with E-state index < -0.39 is 0 Å². The molecule has 0 radical (unpaired) electrons. The fraction of sp³-hybridized carbons (Fsp3) is 0.778. The second kappa shape index (κ2) is 3.57. The molecule has 0 heterocycles. The van der Waals surface area contributed by atoms with Crippen molar-refractivity contribution >= 4 is 5.91 Å². The summed E-state index contributed by atoms with van der Waals surface area (Å²) in [4.78, 5) is 11.0. The largest absolute Gasteiger partial charge is 0.352 e. The second-order valence-corrected chi connectivity index (χ2v) is 3.58. The second-order valence-electron chi connectivity index (χ2n) is 3.58. The van der Waals surface area contributed by atoms with E-state index in [0.717, 1.165) is 6.42 Å². The van der Waals surface area contributed by atoms with Crippen molar-refractivity contribution in [1.29, 1.82) is 5.26 Å². The predicted molar refractivity (Wildman–Crippen MR) is 45.1 cm³/mol. The molecule has 0 spiro atoms. The normalized spacial score (nSPS) is 33.2. The lowest BCUT2D eigenvalue weighted by Gasteiger charge is -2.41. The van der Waals surface area contributed by atoms with Gasteiger partial charge in [0.1, 0.15) is 6.42 Å². The van der Waals surface area contributed by atoms with Crippen molar-refractivity contribution < 1.29 is 4.79 Å². The zero-order valence-electron chi connectivity index (χ0n) is 7.50. The van der Waals surface area contributed by atoms with Crippen LogP contribution in [0.1, 0.15) is 26.7 Å². The van der Waals surface area contributed by atoms with Gasteiger partial charge < -0.3 is 5.32 Å². The first-order valence-corrected chi connectivity index (χ1v) is 4.31. The van der Waals surface area contributed by atoms with Gasteiger partial charge in [0.05, 0.1) is 6.07 Å². The zero-order chi connectivity index (χ0) is 9.14. The molecule has 3 heteroatoms. The van der Waals surface area contributed by atoms with E-state index in [9.17, 15) is 4.79 Å². The molecule has 3 atom stereocenters. The van der Waals surface area contributed by atoms with Crippen LogP contribution in [-0.4, -0.2) is 11.9 Å². The molecular formula is C9H14N2O. The van der Waals surface area contributed by atoms with E-state index in [4.69, 9.17) is 5.26 Å². The highest BCUT2D eigenvalue weighted by atomic mass is 16.1. The summed E-state index contributed by atoms with van der Waals surface area (Å²) < 4.78 is 0. The summed E-state index contributed by atoms with van der Waals surface area (Å²) >= 11 is 0. The van der Waals surface area contributed by atoms with Gasteiger partial charge in [0, 0.05) is 6.04 Å². The van der Waals surface area contributed by atoms with Crippen LogP contribution in [-0.2, 0) is 4.79 Å². The SMILES string of the molecule is CC1CC(NC(=O)CC#N)C1C. The van der Waals surface area contributed by atoms with Gasteiger partial charge in [-0.25, -0.2) is 0 Å². The predicted octanol–water partition coefficient (Wildman–Crippen LogP) is 1.06. The Kier molecular flexibility index (Phi) is 2.69. The van der Waals surface area contributed by atoms with E-state index in [2.05, 4.69) is 19.2 Å². The van der Waals surface area contributed by atoms with Gasteiger partial charge in [-0.15, -0.1) is 0 Å². The molecule has 0 aliphatic heterocycles. The molecule has 1 saturated carbocycles. The Morgan fingerprint density at radius 1 is 1.67 bits per heavy atom. The minimum Gasteiger partial charge on any atom is -0.352 e. The maximum atomic E-state index is 11.0. The molecule has 1 rings (SSSR count). The summed E-state index contributed by atoms with van der Waals surface area (Å²) in [6, 6.07) is 2.14. The van der Waals surface area contributed by atoms with Gasteiger partial charge in [-0.05, 0) is 18.3 Å². The van der Waals surface area contributed by atoms with Crippen LogP contribution in [0.4, 0.5) is 0 Å². The lowest BCUT2D eigenvalue weighted by atomic mass is 9.71. The van der Waals surface area contributed by atoms with Gasteiger partial charge in [-0.3, -0.25) is 4.79 Å². The Labute approximate surface area is 72.8 Å². The van der Waals surface area contributed by atoms with Gasteiger partial charge in [-0.2, -0.15) is 5.26 Å². The van der Waals surface area contributed by atoms with E-state index in [0.29, 0.717) is 17.9 Å². The molecule has 3 unspecified atom stereocenters. The highest BCUT2D eigenvalue weighted by molar-refractivity contribution is 5.78. The molecule has 12 heavy (non-hydrogen) atoms. The van der Waals surface area contributed by atoms with Crippen LogP contribution in [0, 0.1) is 23.2 Å². The molecule has 0 aromatic heterocycles. The van der Waals surface area contributed by atoms with Gasteiger partial charge in [0.25, 0.3) is 0 Å². The summed E-state index contributed by atoms with van der Waals surface area (Å²) in [5.74, 6) is 1.13. The number of hydrogen-bond donors (Lipinski definition) is 1. The Hall–Kier alpha value is -1.04. The Morgan fingerprint density at radius 2 is 2.33 bits per heavy atom. The molecule has 3 nitrogen and oxygen atoms in total. The number of nitrogens with one attached hydrogen (secondary N) is 1. The van der Waals surface area contributed by atoms with Crippen LogP contribution < -0.4 is 5.32 Å². The summed E-state index contributed by atoms with van der Waals surface area (Å²) in [6.07, 6.45) is 1.04. The molecule has 1 N–H and O–H groups in total. The molecule has 1 fully saturated rings. The van der Waals surface area contributed by atoms with E-state index in [1.54, 1.807) is 0 Å². The van der Waals surface area contributed by atoms with Crippen molar-refractivity contribution in [2.75, 3.05) is 0 Å². The smallest absolute Gasteiger partial charge is 0.234 e. The Balaban J connectivity index is 2.26. The van der Waals surface area contributed by atoms with Gasteiger partial charge in [-0.1, -0.05) is 13.8 Å². The Morgan fingerprint density at radius 3 is 2.75 bits per heavy atom. The third kappa shape index (κ3) is 1.76. The Bertz CT molecular complexity index is 219. The van der Waals surface area contributed by atoms with Crippen LogP contribution in [0.5, 0.6) is 0 Å². The summed E-state index contributed by atoms with van der Waals surface area (Å²) in [7, 11) is 0. The standard InChI is InChI=1S/C9H14N2O/c1-6-5-8(7(6)2)11-9(12)3-4-10/h6-8H,3,5H2,1-2H3,(H,11,12). The average Bonchev–Trinajstić information content (AvgIpc) is 2.04. The number of amides is 1. The lowest BCUT2D eigenvalue weighted by molar-refractivity contribution is -0.122. The first-order valence-electron chi connectivity index (χ1n) is 4.31. The molecule has 1 aliphatic rings. The first-order chi connectivity index (χ1) is 5.65. The summed E-state index contributed by atoms with van der Waals surface area (Å²) in [5, 5.41) is 11.1. The molecule has 0 saturated heterocycles. The minimum atomic E-state index is -0.138. The fourth-order valence-corrected chi connectivity index (χ4v) is 1.55.